The molecule has 0 saturated carbocycles. The summed E-state index contributed by atoms with van der Waals surface area (Å²) in [4.78, 5) is 23.4. The van der Waals surface area contributed by atoms with Gasteiger partial charge in [-0.3, -0.25) is 14.9 Å². The molecule has 1 atom stereocenters. The number of H-pyrrole nitrogens is 1. The van der Waals surface area contributed by atoms with Gasteiger partial charge in [0.2, 0.25) is 0 Å². The lowest BCUT2D eigenvalue weighted by Gasteiger charge is -2.34. The first kappa shape index (κ1) is 15.6. The topological polar surface area (TPSA) is 84.0 Å². The van der Waals surface area contributed by atoms with Crippen LogP contribution in [0.3, 0.4) is 0 Å². The van der Waals surface area contributed by atoms with Crippen molar-refractivity contribution in [2.75, 3.05) is 13.7 Å². The number of amides is 1. The average Bonchev–Trinajstić information content (AvgIpc) is 3.04. The largest absolute Gasteiger partial charge is 0.377 e. The van der Waals surface area contributed by atoms with Gasteiger partial charge in [-0.2, -0.15) is 5.10 Å². The highest BCUT2D eigenvalue weighted by Gasteiger charge is 2.31. The molecule has 7 heteroatoms. The first-order valence-electron chi connectivity index (χ1n) is 7.83. The molecular formula is C16H21N5O2. The van der Waals surface area contributed by atoms with Crippen molar-refractivity contribution in [3.63, 3.8) is 0 Å². The third-order valence-corrected chi connectivity index (χ3v) is 4.05. The monoisotopic (exact) mass is 315 g/mol. The molecule has 0 aromatic carbocycles. The molecular weight excluding hydrogens is 294 g/mol. The van der Waals surface area contributed by atoms with Gasteiger partial charge in [0.1, 0.15) is 6.61 Å². The normalized spacial score (nSPS) is 18.2. The summed E-state index contributed by atoms with van der Waals surface area (Å²) in [6, 6.07) is 3.58. The van der Waals surface area contributed by atoms with E-state index >= 15 is 0 Å². The maximum Gasteiger partial charge on any atom is 0.256 e. The zero-order valence-corrected chi connectivity index (χ0v) is 13.5. The van der Waals surface area contributed by atoms with Gasteiger partial charge in [0.05, 0.1) is 11.6 Å². The van der Waals surface area contributed by atoms with Gasteiger partial charge in [0, 0.05) is 25.5 Å². The van der Waals surface area contributed by atoms with E-state index < -0.39 is 0 Å². The molecule has 1 N–H and O–H groups in total. The molecule has 1 amide bonds. The summed E-state index contributed by atoms with van der Waals surface area (Å²) in [6.07, 6.45) is 4.57. The number of rotatable bonds is 4. The van der Waals surface area contributed by atoms with Gasteiger partial charge < -0.3 is 9.64 Å². The highest BCUT2D eigenvalue weighted by molar-refractivity contribution is 5.94. The molecule has 1 aliphatic heterocycles. The Labute approximate surface area is 135 Å². The summed E-state index contributed by atoms with van der Waals surface area (Å²) >= 11 is 0. The number of hydrogen-bond donors (Lipinski definition) is 1. The van der Waals surface area contributed by atoms with Crippen LogP contribution in [0.2, 0.25) is 0 Å². The number of carbonyl (C=O) groups is 1. The van der Waals surface area contributed by atoms with Crippen LogP contribution in [0.25, 0.3) is 0 Å². The van der Waals surface area contributed by atoms with E-state index in [4.69, 9.17) is 4.74 Å². The minimum atomic E-state index is -0.0978. The molecule has 3 rings (SSSR count). The minimum absolute atomic E-state index is 0.0136. The molecule has 122 valence electrons. The molecule has 3 heterocycles. The average molecular weight is 315 g/mol. The van der Waals surface area contributed by atoms with Crippen molar-refractivity contribution in [2.45, 2.75) is 38.8 Å². The molecule has 2 aromatic heterocycles. The fraction of sp³-hybridized carbons (Fsp3) is 0.500. The third-order valence-electron chi connectivity index (χ3n) is 4.05. The fourth-order valence-corrected chi connectivity index (χ4v) is 2.86. The minimum Gasteiger partial charge on any atom is -0.377 e. The van der Waals surface area contributed by atoms with Crippen molar-refractivity contribution < 1.29 is 9.53 Å². The van der Waals surface area contributed by atoms with E-state index in [0.717, 1.165) is 25.0 Å². The van der Waals surface area contributed by atoms with E-state index in [1.807, 2.05) is 24.0 Å². The van der Waals surface area contributed by atoms with Crippen LogP contribution in [0.15, 0.2) is 18.3 Å². The van der Waals surface area contributed by atoms with Crippen LogP contribution in [0.5, 0.6) is 0 Å². The van der Waals surface area contributed by atoms with Crippen LogP contribution < -0.4 is 0 Å². The fourth-order valence-electron chi connectivity index (χ4n) is 2.86. The number of nitrogens with zero attached hydrogens (tertiary/aromatic N) is 4. The molecule has 1 aliphatic rings. The first-order chi connectivity index (χ1) is 11.2. The summed E-state index contributed by atoms with van der Waals surface area (Å²) in [7, 11) is 1.61. The number of ether oxygens (including phenoxy) is 1. The van der Waals surface area contributed by atoms with Gasteiger partial charge in [-0.05, 0) is 38.3 Å². The Kier molecular flexibility index (Phi) is 4.66. The molecule has 0 radical (unpaired) electrons. The highest BCUT2D eigenvalue weighted by Crippen LogP contribution is 2.30. The van der Waals surface area contributed by atoms with Crippen LogP contribution in [-0.4, -0.2) is 44.6 Å². The first-order valence-corrected chi connectivity index (χ1v) is 7.83. The Morgan fingerprint density at radius 3 is 3.04 bits per heavy atom. The Hall–Kier alpha value is -2.28. The van der Waals surface area contributed by atoms with Crippen molar-refractivity contribution in [1.82, 2.24) is 25.1 Å². The maximum atomic E-state index is 12.8. The second kappa shape index (κ2) is 6.87. The Morgan fingerprint density at radius 2 is 2.30 bits per heavy atom. The van der Waals surface area contributed by atoms with Crippen molar-refractivity contribution in [2.24, 2.45) is 0 Å². The summed E-state index contributed by atoms with van der Waals surface area (Å²) in [5.41, 5.74) is 1.50. The van der Waals surface area contributed by atoms with Gasteiger partial charge in [0.15, 0.2) is 11.6 Å². The van der Waals surface area contributed by atoms with Crippen LogP contribution in [0.4, 0.5) is 0 Å². The smallest absolute Gasteiger partial charge is 0.256 e. The Morgan fingerprint density at radius 1 is 1.43 bits per heavy atom. The van der Waals surface area contributed by atoms with E-state index in [2.05, 4.69) is 20.2 Å². The number of pyridine rings is 1. The number of aryl methyl sites for hydroxylation is 1. The summed E-state index contributed by atoms with van der Waals surface area (Å²) in [6.45, 7) is 3.00. The molecule has 0 aliphatic carbocycles. The van der Waals surface area contributed by atoms with Gasteiger partial charge in [-0.15, -0.1) is 0 Å². The van der Waals surface area contributed by atoms with Crippen molar-refractivity contribution in [3.8, 4) is 0 Å². The van der Waals surface area contributed by atoms with Crippen LogP contribution >= 0.6 is 0 Å². The van der Waals surface area contributed by atoms with Gasteiger partial charge in [0.25, 0.3) is 5.91 Å². The number of nitrogens with one attached hydrogen (secondary N) is 1. The Balaban J connectivity index is 1.82. The standard InChI is InChI=1S/C16H21N5O2/c1-11-6-7-12(9-17-11)16(22)21-8-4-3-5-13(21)15-18-14(10-23-2)19-20-15/h6-7,9,13H,3-5,8,10H2,1-2H3,(H,18,19,20)/t13-/m0/s1. The molecule has 7 nitrogen and oxygen atoms in total. The summed E-state index contributed by atoms with van der Waals surface area (Å²) in [5, 5.41) is 7.15. The third kappa shape index (κ3) is 3.39. The van der Waals surface area contributed by atoms with Crippen molar-refractivity contribution in [3.05, 3.63) is 41.2 Å². The number of piperidine rings is 1. The number of likely N-dealkylation sites (tertiary alicyclic amines) is 1. The van der Waals surface area contributed by atoms with Crippen molar-refractivity contribution in [1.29, 1.82) is 0 Å². The molecule has 1 fully saturated rings. The number of aromatic nitrogens is 4. The summed E-state index contributed by atoms with van der Waals surface area (Å²) in [5.74, 6) is 1.32. The zero-order valence-electron chi connectivity index (χ0n) is 13.5. The van der Waals surface area contributed by atoms with Crippen molar-refractivity contribution >= 4 is 5.91 Å². The number of hydrogen-bond acceptors (Lipinski definition) is 5. The van der Waals surface area contributed by atoms with E-state index in [1.165, 1.54) is 0 Å². The van der Waals surface area contributed by atoms with Gasteiger partial charge in [-0.25, -0.2) is 4.98 Å². The Bertz CT molecular complexity index is 667. The van der Waals surface area contributed by atoms with Gasteiger partial charge in [-0.1, -0.05) is 0 Å². The molecule has 0 spiro atoms. The molecule has 2 aromatic rings. The molecule has 0 unspecified atom stereocenters. The van der Waals surface area contributed by atoms with E-state index in [9.17, 15) is 4.79 Å². The molecule has 23 heavy (non-hydrogen) atoms. The highest BCUT2D eigenvalue weighted by atomic mass is 16.5. The predicted octanol–water partition coefficient (Wildman–Crippen LogP) is 2.02. The zero-order chi connectivity index (χ0) is 16.2. The second-order valence-corrected chi connectivity index (χ2v) is 5.77. The number of methoxy groups -OCH3 is 1. The van der Waals surface area contributed by atoms with E-state index in [0.29, 0.717) is 30.4 Å². The SMILES string of the molecule is COCc1nc([C@@H]2CCCCN2C(=O)c2ccc(C)nc2)n[nH]1. The van der Waals surface area contributed by atoms with E-state index in [1.54, 1.807) is 13.3 Å². The molecule has 0 bridgehead atoms. The number of carbonyl (C=O) groups excluding carboxylic acids is 1. The van der Waals surface area contributed by atoms with Crippen LogP contribution in [0.1, 0.15) is 53.0 Å². The quantitative estimate of drug-likeness (QED) is 0.933. The lowest BCUT2D eigenvalue weighted by atomic mass is 10.0. The van der Waals surface area contributed by atoms with Gasteiger partial charge >= 0.3 is 0 Å². The van der Waals surface area contributed by atoms with E-state index in [-0.39, 0.29) is 11.9 Å². The lowest BCUT2D eigenvalue weighted by molar-refractivity contribution is 0.0599. The van der Waals surface area contributed by atoms with Crippen LogP contribution in [-0.2, 0) is 11.3 Å². The van der Waals surface area contributed by atoms with Crippen LogP contribution in [0, 0.1) is 6.92 Å². The second-order valence-electron chi connectivity index (χ2n) is 5.77. The predicted molar refractivity (Wildman–Crippen MR) is 83.7 cm³/mol. The maximum absolute atomic E-state index is 12.8. The molecule has 1 saturated heterocycles. The lowest BCUT2D eigenvalue weighted by Crippen LogP contribution is -2.39. The summed E-state index contributed by atoms with van der Waals surface area (Å²) < 4.78 is 5.06. The number of aromatic amines is 1.